The smallest absolute Gasteiger partial charge is 0.0541 e. The first-order chi connectivity index (χ1) is 4.33. The van der Waals surface area contributed by atoms with Crippen molar-refractivity contribution < 1.29 is 5.11 Å². The molecule has 0 unspecified atom stereocenters. The molecule has 0 spiro atoms. The van der Waals surface area contributed by atoms with E-state index in [1.165, 1.54) is 0 Å². The summed E-state index contributed by atoms with van der Waals surface area (Å²) in [5.74, 6) is 2.79. The highest BCUT2D eigenvalue weighted by Gasteiger charge is 2.16. The third-order valence-corrected chi connectivity index (χ3v) is 1.90. The van der Waals surface area contributed by atoms with Crippen molar-refractivity contribution in [2.75, 3.05) is 0 Å². The predicted octanol–water partition coefficient (Wildman–Crippen LogP) is 1.13. The van der Waals surface area contributed by atoms with E-state index >= 15 is 0 Å². The van der Waals surface area contributed by atoms with Crippen molar-refractivity contribution in [3.8, 4) is 5.92 Å². The van der Waals surface area contributed by atoms with Gasteiger partial charge in [-0.2, -0.15) is 0 Å². The average molecular weight is 123 g/mol. The zero-order valence-corrected chi connectivity index (χ0v) is 5.43. The highest BCUT2D eigenvalue weighted by atomic mass is 16.3. The van der Waals surface area contributed by atoms with Crippen LogP contribution < -0.4 is 0 Å². The highest BCUT2D eigenvalue weighted by molar-refractivity contribution is 4.90. The van der Waals surface area contributed by atoms with Crippen molar-refractivity contribution >= 4 is 0 Å². The van der Waals surface area contributed by atoms with Crippen LogP contribution in [-0.2, 0) is 0 Å². The minimum absolute atomic E-state index is 0.102. The lowest BCUT2D eigenvalue weighted by atomic mass is 9.88. The van der Waals surface area contributed by atoms with Crippen molar-refractivity contribution in [1.29, 1.82) is 0 Å². The average Bonchev–Trinajstić information content (AvgIpc) is 1.90. The van der Waals surface area contributed by atoms with Gasteiger partial charge in [-0.05, 0) is 32.1 Å². The van der Waals surface area contributed by atoms with Gasteiger partial charge in [0.05, 0.1) is 6.10 Å². The van der Waals surface area contributed by atoms with Crippen molar-refractivity contribution in [3.63, 3.8) is 0 Å². The van der Waals surface area contributed by atoms with Crippen molar-refractivity contribution in [3.05, 3.63) is 6.42 Å². The van der Waals surface area contributed by atoms with Gasteiger partial charge in [0.25, 0.3) is 0 Å². The van der Waals surface area contributed by atoms with Crippen LogP contribution in [0.1, 0.15) is 25.7 Å². The van der Waals surface area contributed by atoms with Gasteiger partial charge < -0.3 is 5.11 Å². The molecule has 0 amide bonds. The van der Waals surface area contributed by atoms with Crippen LogP contribution in [-0.4, -0.2) is 11.2 Å². The summed E-state index contributed by atoms with van der Waals surface area (Å²) in [6, 6.07) is 0. The molecule has 1 rings (SSSR count). The number of rotatable bonds is 0. The van der Waals surface area contributed by atoms with E-state index in [0.29, 0.717) is 5.92 Å². The molecule has 9 heavy (non-hydrogen) atoms. The maximum Gasteiger partial charge on any atom is 0.0541 e. The lowest BCUT2D eigenvalue weighted by Crippen LogP contribution is -2.16. The first-order valence-electron chi connectivity index (χ1n) is 3.43. The number of aliphatic hydroxyl groups is 1. The van der Waals surface area contributed by atoms with Crippen LogP contribution >= 0.6 is 0 Å². The van der Waals surface area contributed by atoms with E-state index in [4.69, 9.17) is 11.5 Å². The summed E-state index contributed by atoms with van der Waals surface area (Å²) in [5, 5.41) is 9.03. The minimum atomic E-state index is -0.102. The van der Waals surface area contributed by atoms with Gasteiger partial charge in [-0.15, -0.1) is 0 Å². The Balaban J connectivity index is 2.28. The molecule has 0 bridgehead atoms. The first kappa shape index (κ1) is 6.64. The maximum atomic E-state index is 9.03. The topological polar surface area (TPSA) is 20.2 Å². The second kappa shape index (κ2) is 2.89. The predicted molar refractivity (Wildman–Crippen MR) is 35.1 cm³/mol. The standard InChI is InChI=1S/C8H11O/c1-2-7-3-5-8(9)6-4-7/h7-9H,3-6H2. The lowest BCUT2D eigenvalue weighted by molar-refractivity contribution is 0.119. The molecule has 0 saturated heterocycles. The van der Waals surface area contributed by atoms with Crippen LogP contribution in [0.4, 0.5) is 0 Å². The Labute approximate surface area is 56.1 Å². The molecular formula is C8H11O. The molecule has 0 aromatic carbocycles. The van der Waals surface area contributed by atoms with Crippen LogP contribution in [0.3, 0.4) is 0 Å². The van der Waals surface area contributed by atoms with Crippen LogP contribution in [0.5, 0.6) is 0 Å². The van der Waals surface area contributed by atoms with E-state index in [-0.39, 0.29) is 6.10 Å². The molecule has 0 aromatic heterocycles. The molecule has 1 nitrogen and oxygen atoms in total. The molecule has 0 aliphatic heterocycles. The van der Waals surface area contributed by atoms with E-state index in [0.717, 1.165) is 25.7 Å². The van der Waals surface area contributed by atoms with Gasteiger partial charge in [-0.3, -0.25) is 0 Å². The minimum Gasteiger partial charge on any atom is -0.393 e. The molecule has 1 aliphatic carbocycles. The Morgan fingerprint density at radius 2 is 1.78 bits per heavy atom. The molecule has 0 aromatic rings. The summed E-state index contributed by atoms with van der Waals surface area (Å²) in [7, 11) is 0. The van der Waals surface area contributed by atoms with Crippen LogP contribution in [0.25, 0.3) is 0 Å². The van der Waals surface area contributed by atoms with Crippen LogP contribution in [0.15, 0.2) is 0 Å². The molecule has 1 N–H and O–H groups in total. The Bertz CT molecular complexity index is 115. The summed E-state index contributed by atoms with van der Waals surface area (Å²) in [4.78, 5) is 0. The van der Waals surface area contributed by atoms with Gasteiger partial charge in [0.2, 0.25) is 0 Å². The quantitative estimate of drug-likeness (QED) is 0.479. The second-order valence-electron chi connectivity index (χ2n) is 2.65. The Hall–Kier alpha value is -0.480. The van der Waals surface area contributed by atoms with Gasteiger partial charge in [-0.25, -0.2) is 0 Å². The number of hydrogen-bond donors (Lipinski definition) is 1. The fourth-order valence-electron chi connectivity index (χ4n) is 1.22. The zero-order chi connectivity index (χ0) is 6.69. The van der Waals surface area contributed by atoms with Crippen LogP contribution in [0, 0.1) is 18.3 Å². The molecule has 1 heteroatoms. The third kappa shape index (κ3) is 1.73. The molecule has 1 aliphatic rings. The second-order valence-corrected chi connectivity index (χ2v) is 2.65. The van der Waals surface area contributed by atoms with Gasteiger partial charge in [0.15, 0.2) is 0 Å². The summed E-state index contributed by atoms with van der Waals surface area (Å²) in [6.07, 6.45) is 10.3. The van der Waals surface area contributed by atoms with E-state index in [1.807, 2.05) is 0 Å². The highest BCUT2D eigenvalue weighted by Crippen LogP contribution is 2.22. The van der Waals surface area contributed by atoms with Crippen molar-refractivity contribution in [2.45, 2.75) is 31.8 Å². The summed E-state index contributed by atoms with van der Waals surface area (Å²) in [6.45, 7) is 0. The molecule has 1 radical (unpaired) electrons. The molecule has 0 atom stereocenters. The maximum absolute atomic E-state index is 9.03. The fourth-order valence-corrected chi connectivity index (χ4v) is 1.22. The monoisotopic (exact) mass is 123 g/mol. The van der Waals surface area contributed by atoms with E-state index in [1.54, 1.807) is 0 Å². The van der Waals surface area contributed by atoms with E-state index in [2.05, 4.69) is 5.92 Å². The van der Waals surface area contributed by atoms with E-state index in [9.17, 15) is 0 Å². The van der Waals surface area contributed by atoms with Gasteiger partial charge in [-0.1, -0.05) is 5.92 Å². The molecule has 49 valence electrons. The summed E-state index contributed by atoms with van der Waals surface area (Å²) >= 11 is 0. The van der Waals surface area contributed by atoms with Crippen LogP contribution in [0.2, 0.25) is 0 Å². The Morgan fingerprint density at radius 1 is 1.22 bits per heavy atom. The van der Waals surface area contributed by atoms with Crippen molar-refractivity contribution in [2.24, 2.45) is 5.92 Å². The lowest BCUT2D eigenvalue weighted by Gasteiger charge is -2.20. The third-order valence-electron chi connectivity index (χ3n) is 1.90. The van der Waals surface area contributed by atoms with Crippen molar-refractivity contribution in [1.82, 2.24) is 0 Å². The van der Waals surface area contributed by atoms with Gasteiger partial charge >= 0.3 is 0 Å². The SMILES string of the molecule is [C]#CC1CCC(O)CC1. The molecule has 0 heterocycles. The van der Waals surface area contributed by atoms with Gasteiger partial charge in [0.1, 0.15) is 0 Å². The molecular weight excluding hydrogens is 112 g/mol. The number of aliphatic hydroxyl groups excluding tert-OH is 1. The first-order valence-corrected chi connectivity index (χ1v) is 3.43. The van der Waals surface area contributed by atoms with E-state index < -0.39 is 0 Å². The summed E-state index contributed by atoms with van der Waals surface area (Å²) < 4.78 is 0. The largest absolute Gasteiger partial charge is 0.393 e. The number of hydrogen-bond acceptors (Lipinski definition) is 1. The fraction of sp³-hybridized carbons (Fsp3) is 0.750. The molecule has 1 fully saturated rings. The zero-order valence-electron chi connectivity index (χ0n) is 5.43. The Morgan fingerprint density at radius 3 is 2.22 bits per heavy atom. The summed E-state index contributed by atoms with van der Waals surface area (Å²) in [5.41, 5.74) is 0. The molecule has 1 saturated carbocycles. The normalized spacial score (nSPS) is 35.6. The Kier molecular flexibility index (Phi) is 2.13. The van der Waals surface area contributed by atoms with Gasteiger partial charge in [0, 0.05) is 5.92 Å².